The molecule has 0 atom stereocenters. The average molecular weight is 286 g/mol. The molecule has 88 valence electrons. The van der Waals surface area contributed by atoms with Crippen LogP contribution < -0.4 is 10.1 Å². The lowest BCUT2D eigenvalue weighted by atomic mass is 10.2. The summed E-state index contributed by atoms with van der Waals surface area (Å²) in [6.45, 7) is 6.41. The largest absolute Gasteiger partial charge is 0.491 e. The van der Waals surface area contributed by atoms with Crippen molar-refractivity contribution in [3.05, 3.63) is 28.2 Å². The van der Waals surface area contributed by atoms with Gasteiger partial charge in [0.2, 0.25) is 0 Å². The van der Waals surface area contributed by atoms with Gasteiger partial charge in [-0.05, 0) is 54.9 Å². The van der Waals surface area contributed by atoms with Crippen molar-refractivity contribution in [1.29, 1.82) is 0 Å². The fourth-order valence-corrected chi connectivity index (χ4v) is 1.71. The Labute approximate surface area is 104 Å². The quantitative estimate of drug-likeness (QED) is 0.924. The van der Waals surface area contributed by atoms with Gasteiger partial charge in [0, 0.05) is 11.0 Å². The average Bonchev–Trinajstić information content (AvgIpc) is 2.20. The summed E-state index contributed by atoms with van der Waals surface area (Å²) in [5.41, 5.74) is 0.597. The summed E-state index contributed by atoms with van der Waals surface area (Å²) in [4.78, 5) is 11.7. The molecule has 0 heterocycles. The van der Waals surface area contributed by atoms with Crippen LogP contribution in [-0.4, -0.2) is 18.6 Å². The van der Waals surface area contributed by atoms with Crippen LogP contribution in [0.2, 0.25) is 0 Å². The second-order valence-corrected chi connectivity index (χ2v) is 4.52. The molecule has 0 saturated carbocycles. The number of amides is 1. The number of hydrogen-bond donors (Lipinski definition) is 1. The summed E-state index contributed by atoms with van der Waals surface area (Å²) in [6, 6.07) is 5.41. The van der Waals surface area contributed by atoms with Crippen LogP contribution in [0.4, 0.5) is 0 Å². The Morgan fingerprint density at radius 3 is 2.75 bits per heavy atom. The van der Waals surface area contributed by atoms with Gasteiger partial charge in [-0.15, -0.1) is 0 Å². The van der Waals surface area contributed by atoms with Gasteiger partial charge in [-0.3, -0.25) is 4.79 Å². The molecule has 1 N–H and O–H groups in total. The molecular formula is C12H16BrNO2. The van der Waals surface area contributed by atoms with E-state index in [1.807, 2.05) is 32.9 Å². The lowest BCUT2D eigenvalue weighted by Crippen LogP contribution is -2.23. The maximum atomic E-state index is 11.7. The van der Waals surface area contributed by atoms with Crippen molar-refractivity contribution in [2.75, 3.05) is 6.54 Å². The van der Waals surface area contributed by atoms with Gasteiger partial charge in [0.1, 0.15) is 5.75 Å². The number of ether oxygens (including phenoxy) is 1. The normalized spacial score (nSPS) is 10.3. The molecule has 1 aromatic rings. The first-order chi connectivity index (χ1) is 7.54. The number of benzene rings is 1. The molecule has 0 unspecified atom stereocenters. The highest BCUT2D eigenvalue weighted by atomic mass is 79.9. The molecule has 1 amide bonds. The van der Waals surface area contributed by atoms with Crippen molar-refractivity contribution in [3.8, 4) is 5.75 Å². The highest BCUT2D eigenvalue weighted by Crippen LogP contribution is 2.23. The Morgan fingerprint density at radius 1 is 1.50 bits per heavy atom. The van der Waals surface area contributed by atoms with Crippen LogP contribution in [0.3, 0.4) is 0 Å². The first kappa shape index (κ1) is 13.0. The third-order valence-electron chi connectivity index (χ3n) is 1.89. The molecule has 0 aromatic heterocycles. The van der Waals surface area contributed by atoms with Crippen molar-refractivity contribution >= 4 is 21.8 Å². The van der Waals surface area contributed by atoms with E-state index in [2.05, 4.69) is 21.2 Å². The Bertz CT molecular complexity index is 377. The molecule has 16 heavy (non-hydrogen) atoms. The lowest BCUT2D eigenvalue weighted by Gasteiger charge is -2.12. The highest BCUT2D eigenvalue weighted by molar-refractivity contribution is 9.10. The minimum atomic E-state index is -0.0939. The maximum Gasteiger partial charge on any atom is 0.252 e. The number of hydrogen-bond acceptors (Lipinski definition) is 2. The third-order valence-corrected chi connectivity index (χ3v) is 2.58. The van der Waals surface area contributed by atoms with Crippen LogP contribution in [0.1, 0.15) is 31.1 Å². The molecular weight excluding hydrogens is 270 g/mol. The van der Waals surface area contributed by atoms with Crippen molar-refractivity contribution in [1.82, 2.24) is 5.32 Å². The van der Waals surface area contributed by atoms with Crippen LogP contribution in [0.5, 0.6) is 5.75 Å². The number of carbonyl (C=O) groups excluding carboxylic acids is 1. The minimum absolute atomic E-state index is 0.0939. The molecule has 0 aliphatic carbocycles. The molecule has 0 fully saturated rings. The van der Waals surface area contributed by atoms with Crippen molar-refractivity contribution in [2.24, 2.45) is 0 Å². The molecule has 0 bridgehead atoms. The molecule has 0 saturated heterocycles. The van der Waals surface area contributed by atoms with E-state index in [1.54, 1.807) is 6.07 Å². The van der Waals surface area contributed by atoms with E-state index in [1.165, 1.54) is 0 Å². The fourth-order valence-electron chi connectivity index (χ4n) is 1.28. The van der Waals surface area contributed by atoms with Gasteiger partial charge in [0.05, 0.1) is 11.7 Å². The number of halogens is 1. The van der Waals surface area contributed by atoms with Crippen LogP contribution in [-0.2, 0) is 0 Å². The first-order valence-electron chi connectivity index (χ1n) is 5.29. The van der Waals surface area contributed by atoms with Gasteiger partial charge in [-0.2, -0.15) is 0 Å². The van der Waals surface area contributed by atoms with E-state index in [0.29, 0.717) is 17.9 Å². The zero-order chi connectivity index (χ0) is 12.1. The smallest absolute Gasteiger partial charge is 0.252 e. The number of nitrogens with one attached hydrogen (secondary N) is 1. The summed E-state index contributed by atoms with van der Waals surface area (Å²) in [5, 5.41) is 2.76. The monoisotopic (exact) mass is 285 g/mol. The van der Waals surface area contributed by atoms with Crippen molar-refractivity contribution < 1.29 is 9.53 Å². The molecule has 1 rings (SSSR count). The molecule has 0 radical (unpaired) electrons. The summed E-state index contributed by atoms with van der Waals surface area (Å²) in [6.07, 6.45) is 0.100. The zero-order valence-electron chi connectivity index (χ0n) is 9.71. The lowest BCUT2D eigenvalue weighted by molar-refractivity contribution is 0.0954. The zero-order valence-corrected chi connectivity index (χ0v) is 11.3. The second kappa shape index (κ2) is 5.89. The van der Waals surface area contributed by atoms with Gasteiger partial charge >= 0.3 is 0 Å². The van der Waals surface area contributed by atoms with Crippen molar-refractivity contribution in [2.45, 2.75) is 26.9 Å². The van der Waals surface area contributed by atoms with E-state index in [4.69, 9.17) is 4.74 Å². The molecule has 0 spiro atoms. The number of carbonyl (C=O) groups is 1. The second-order valence-electron chi connectivity index (χ2n) is 3.67. The van der Waals surface area contributed by atoms with Gasteiger partial charge in [0.15, 0.2) is 0 Å². The van der Waals surface area contributed by atoms with Crippen LogP contribution >= 0.6 is 15.9 Å². The summed E-state index contributed by atoms with van der Waals surface area (Å²) >= 11 is 3.35. The van der Waals surface area contributed by atoms with E-state index in [-0.39, 0.29) is 12.0 Å². The molecule has 0 aliphatic rings. The van der Waals surface area contributed by atoms with Crippen molar-refractivity contribution in [3.63, 3.8) is 0 Å². The summed E-state index contributed by atoms with van der Waals surface area (Å²) < 4.78 is 6.31. The Morgan fingerprint density at radius 2 is 2.19 bits per heavy atom. The Kier molecular flexibility index (Phi) is 4.80. The minimum Gasteiger partial charge on any atom is -0.491 e. The topological polar surface area (TPSA) is 38.3 Å². The Balaban J connectivity index is 2.94. The standard InChI is InChI=1S/C12H16BrNO2/c1-4-14-12(15)10-7-9(16-8(2)3)5-6-11(10)13/h5-8H,4H2,1-3H3,(H,14,15). The van der Waals surface area contributed by atoms with Crippen LogP contribution in [0, 0.1) is 0 Å². The van der Waals surface area contributed by atoms with E-state index < -0.39 is 0 Å². The molecule has 1 aromatic carbocycles. The highest BCUT2D eigenvalue weighted by Gasteiger charge is 2.10. The maximum absolute atomic E-state index is 11.7. The van der Waals surface area contributed by atoms with Crippen LogP contribution in [0.15, 0.2) is 22.7 Å². The van der Waals surface area contributed by atoms with Gasteiger partial charge in [-0.1, -0.05) is 0 Å². The van der Waals surface area contributed by atoms with E-state index >= 15 is 0 Å². The van der Waals surface area contributed by atoms with E-state index in [9.17, 15) is 4.79 Å². The third kappa shape index (κ3) is 3.52. The van der Waals surface area contributed by atoms with Gasteiger partial charge in [-0.25, -0.2) is 0 Å². The molecule has 4 heteroatoms. The first-order valence-corrected chi connectivity index (χ1v) is 6.08. The molecule has 3 nitrogen and oxygen atoms in total. The Hall–Kier alpha value is -1.03. The predicted octanol–water partition coefficient (Wildman–Crippen LogP) is 2.99. The summed E-state index contributed by atoms with van der Waals surface area (Å²) in [7, 11) is 0. The predicted molar refractivity (Wildman–Crippen MR) is 67.9 cm³/mol. The molecule has 0 aliphatic heterocycles. The van der Waals surface area contributed by atoms with E-state index in [0.717, 1.165) is 4.47 Å². The summed E-state index contributed by atoms with van der Waals surface area (Å²) in [5.74, 6) is 0.614. The van der Waals surface area contributed by atoms with Crippen LogP contribution in [0.25, 0.3) is 0 Å². The number of rotatable bonds is 4. The van der Waals surface area contributed by atoms with Gasteiger partial charge in [0.25, 0.3) is 5.91 Å². The SMILES string of the molecule is CCNC(=O)c1cc(OC(C)C)ccc1Br. The fraction of sp³-hybridized carbons (Fsp3) is 0.417. The van der Waals surface area contributed by atoms with Gasteiger partial charge < -0.3 is 10.1 Å².